The molecular weight excluding hydrogens is 302 g/mol. The van der Waals surface area contributed by atoms with Gasteiger partial charge in [-0.1, -0.05) is 18.2 Å². The Morgan fingerprint density at radius 2 is 2.08 bits per heavy atom. The average Bonchev–Trinajstić information content (AvgIpc) is 2.60. The Morgan fingerprint density at radius 1 is 1.29 bits per heavy atom. The lowest BCUT2D eigenvalue weighted by Crippen LogP contribution is -2.47. The number of rotatable bonds is 5. The lowest BCUT2D eigenvalue weighted by atomic mass is 9.79. The molecule has 1 aromatic carbocycles. The minimum Gasteiger partial charge on any atom is -0.384 e. The van der Waals surface area contributed by atoms with Crippen molar-refractivity contribution in [3.8, 4) is 0 Å². The van der Waals surface area contributed by atoms with Crippen molar-refractivity contribution in [2.45, 2.75) is 19.8 Å². The third kappa shape index (κ3) is 3.57. The fourth-order valence-electron chi connectivity index (χ4n) is 3.43. The average molecular weight is 327 g/mol. The maximum atomic E-state index is 12.8. The van der Waals surface area contributed by atoms with E-state index in [9.17, 15) is 4.79 Å². The van der Waals surface area contributed by atoms with Gasteiger partial charge in [0, 0.05) is 30.1 Å². The molecule has 1 saturated heterocycles. The Balaban J connectivity index is 1.78. The van der Waals surface area contributed by atoms with E-state index in [1.807, 2.05) is 37.3 Å². The highest BCUT2D eigenvalue weighted by Gasteiger charge is 2.32. The summed E-state index contributed by atoms with van der Waals surface area (Å²) in [6.45, 7) is 5.17. The normalized spacial score (nSPS) is 16.9. The van der Waals surface area contributed by atoms with Crippen LogP contribution in [-0.2, 0) is 4.74 Å². The number of hydrogen-bond donors (Lipinski definition) is 2. The van der Waals surface area contributed by atoms with Crippen molar-refractivity contribution in [2.24, 2.45) is 5.41 Å². The number of aryl methyl sites for hydroxylation is 1. The van der Waals surface area contributed by atoms with E-state index >= 15 is 0 Å². The van der Waals surface area contributed by atoms with Crippen molar-refractivity contribution in [1.29, 1.82) is 0 Å². The molecule has 0 spiro atoms. The molecule has 3 rings (SSSR count). The van der Waals surface area contributed by atoms with Gasteiger partial charge in [-0.15, -0.1) is 0 Å². The summed E-state index contributed by atoms with van der Waals surface area (Å²) in [5.74, 6) is -0.0623. The number of hydrogen-bond acceptors (Lipinski definition) is 4. The lowest BCUT2D eigenvalue weighted by Gasteiger charge is -2.37. The second-order valence-corrected chi connectivity index (χ2v) is 6.70. The van der Waals surface area contributed by atoms with Gasteiger partial charge in [0.15, 0.2) is 0 Å². The SMILES string of the molecule is COCC1(CNC(=O)c2cccc3ccc(C)nc23)CCNCC1. The number of pyridine rings is 1. The standard InChI is InChI=1S/C19H25N3O2/c1-14-6-7-15-4-3-5-16(17(15)22-14)18(23)21-12-19(13-24-2)8-10-20-11-9-19/h3-7,20H,8-13H2,1-2H3,(H,21,23). The first-order chi connectivity index (χ1) is 11.6. The van der Waals surface area contributed by atoms with E-state index in [-0.39, 0.29) is 11.3 Å². The van der Waals surface area contributed by atoms with Crippen LogP contribution in [0.3, 0.4) is 0 Å². The summed E-state index contributed by atoms with van der Waals surface area (Å²) in [5, 5.41) is 7.48. The van der Waals surface area contributed by atoms with E-state index in [1.54, 1.807) is 7.11 Å². The predicted molar refractivity (Wildman–Crippen MR) is 95.2 cm³/mol. The first-order valence-electron chi connectivity index (χ1n) is 8.48. The Bertz CT molecular complexity index is 718. The number of nitrogens with one attached hydrogen (secondary N) is 2. The monoisotopic (exact) mass is 327 g/mol. The maximum absolute atomic E-state index is 12.8. The van der Waals surface area contributed by atoms with Crippen LogP contribution in [0, 0.1) is 12.3 Å². The van der Waals surface area contributed by atoms with Crippen LogP contribution in [0.15, 0.2) is 30.3 Å². The van der Waals surface area contributed by atoms with Crippen molar-refractivity contribution in [2.75, 3.05) is 33.4 Å². The Morgan fingerprint density at radius 3 is 2.83 bits per heavy atom. The summed E-state index contributed by atoms with van der Waals surface area (Å²) in [5.41, 5.74) is 2.33. The van der Waals surface area contributed by atoms with Crippen molar-refractivity contribution >= 4 is 16.8 Å². The number of amides is 1. The van der Waals surface area contributed by atoms with E-state index in [4.69, 9.17) is 4.74 Å². The zero-order valence-electron chi connectivity index (χ0n) is 14.4. The highest BCUT2D eigenvalue weighted by atomic mass is 16.5. The second kappa shape index (κ2) is 7.28. The predicted octanol–water partition coefficient (Wildman–Crippen LogP) is 2.29. The van der Waals surface area contributed by atoms with Crippen LogP contribution in [0.25, 0.3) is 10.9 Å². The van der Waals surface area contributed by atoms with Gasteiger partial charge < -0.3 is 15.4 Å². The van der Waals surface area contributed by atoms with Crippen molar-refractivity contribution in [3.05, 3.63) is 41.6 Å². The van der Waals surface area contributed by atoms with Gasteiger partial charge in [0.2, 0.25) is 0 Å². The molecule has 1 amide bonds. The highest BCUT2D eigenvalue weighted by molar-refractivity contribution is 6.05. The Hall–Kier alpha value is -1.98. The zero-order chi connectivity index (χ0) is 17.0. The van der Waals surface area contributed by atoms with Gasteiger partial charge >= 0.3 is 0 Å². The number of benzene rings is 1. The van der Waals surface area contributed by atoms with Gasteiger partial charge in [-0.3, -0.25) is 9.78 Å². The van der Waals surface area contributed by atoms with E-state index in [0.29, 0.717) is 18.7 Å². The van der Waals surface area contributed by atoms with E-state index in [2.05, 4.69) is 15.6 Å². The molecule has 0 saturated carbocycles. The summed E-state index contributed by atoms with van der Waals surface area (Å²) in [6, 6.07) is 9.71. The molecule has 128 valence electrons. The minimum atomic E-state index is -0.0623. The smallest absolute Gasteiger partial charge is 0.253 e. The zero-order valence-corrected chi connectivity index (χ0v) is 14.4. The van der Waals surface area contributed by atoms with Gasteiger partial charge in [0.25, 0.3) is 5.91 Å². The van der Waals surface area contributed by atoms with Crippen molar-refractivity contribution < 1.29 is 9.53 Å². The summed E-state index contributed by atoms with van der Waals surface area (Å²) >= 11 is 0. The maximum Gasteiger partial charge on any atom is 0.253 e. The fraction of sp³-hybridized carbons (Fsp3) is 0.474. The second-order valence-electron chi connectivity index (χ2n) is 6.70. The fourth-order valence-corrected chi connectivity index (χ4v) is 3.43. The van der Waals surface area contributed by atoms with Crippen LogP contribution in [0.1, 0.15) is 28.9 Å². The molecule has 1 fully saturated rings. The van der Waals surface area contributed by atoms with Crippen molar-refractivity contribution in [3.63, 3.8) is 0 Å². The number of methoxy groups -OCH3 is 1. The molecule has 2 N–H and O–H groups in total. The molecule has 2 aromatic rings. The van der Waals surface area contributed by atoms with Gasteiger partial charge in [-0.05, 0) is 45.0 Å². The molecular formula is C19H25N3O2. The molecule has 1 aromatic heterocycles. The molecule has 5 nitrogen and oxygen atoms in total. The number of nitrogens with zero attached hydrogens (tertiary/aromatic N) is 1. The van der Waals surface area contributed by atoms with Gasteiger partial charge in [0.1, 0.15) is 0 Å². The quantitative estimate of drug-likeness (QED) is 0.884. The van der Waals surface area contributed by atoms with Crippen LogP contribution < -0.4 is 10.6 Å². The van der Waals surface area contributed by atoms with Gasteiger partial charge in [-0.25, -0.2) is 0 Å². The van der Waals surface area contributed by atoms with Gasteiger partial charge in [0.05, 0.1) is 17.7 Å². The number of para-hydroxylation sites is 1. The van der Waals surface area contributed by atoms with Crippen LogP contribution >= 0.6 is 0 Å². The first kappa shape index (κ1) is 16.9. The van der Waals surface area contributed by atoms with Crippen LogP contribution in [-0.4, -0.2) is 44.2 Å². The molecule has 5 heteroatoms. The van der Waals surface area contributed by atoms with Crippen LogP contribution in [0.2, 0.25) is 0 Å². The first-order valence-corrected chi connectivity index (χ1v) is 8.48. The molecule has 24 heavy (non-hydrogen) atoms. The summed E-state index contributed by atoms with van der Waals surface area (Å²) in [7, 11) is 1.73. The summed E-state index contributed by atoms with van der Waals surface area (Å²) < 4.78 is 5.42. The third-order valence-electron chi connectivity index (χ3n) is 4.84. The van der Waals surface area contributed by atoms with E-state index < -0.39 is 0 Å². The largest absolute Gasteiger partial charge is 0.384 e. The third-order valence-corrected chi connectivity index (χ3v) is 4.84. The molecule has 0 radical (unpaired) electrons. The molecule has 0 unspecified atom stereocenters. The molecule has 0 bridgehead atoms. The molecule has 0 atom stereocenters. The molecule has 0 aliphatic carbocycles. The minimum absolute atomic E-state index is 0.0174. The molecule has 1 aliphatic rings. The lowest BCUT2D eigenvalue weighted by molar-refractivity contribution is 0.0512. The van der Waals surface area contributed by atoms with E-state index in [0.717, 1.165) is 42.5 Å². The number of fused-ring (bicyclic) bond motifs is 1. The number of piperidine rings is 1. The number of carbonyl (C=O) groups is 1. The number of aromatic nitrogens is 1. The number of carbonyl (C=O) groups excluding carboxylic acids is 1. The molecule has 1 aliphatic heterocycles. The summed E-state index contributed by atoms with van der Waals surface area (Å²) in [4.78, 5) is 17.3. The Kier molecular flexibility index (Phi) is 5.11. The number of ether oxygens (including phenoxy) is 1. The van der Waals surface area contributed by atoms with Crippen LogP contribution in [0.5, 0.6) is 0 Å². The van der Waals surface area contributed by atoms with Crippen LogP contribution in [0.4, 0.5) is 0 Å². The van der Waals surface area contributed by atoms with Gasteiger partial charge in [-0.2, -0.15) is 0 Å². The Labute approximate surface area is 142 Å². The topological polar surface area (TPSA) is 63.2 Å². The molecule has 2 heterocycles. The van der Waals surface area contributed by atoms with E-state index in [1.165, 1.54) is 0 Å². The summed E-state index contributed by atoms with van der Waals surface area (Å²) in [6.07, 6.45) is 2.02. The van der Waals surface area contributed by atoms with Crippen molar-refractivity contribution in [1.82, 2.24) is 15.6 Å². The highest BCUT2D eigenvalue weighted by Crippen LogP contribution is 2.28.